The van der Waals surface area contributed by atoms with E-state index in [1.807, 2.05) is 24.3 Å². The summed E-state index contributed by atoms with van der Waals surface area (Å²) in [5.41, 5.74) is 9.28. The second kappa shape index (κ2) is 4.04. The number of carbonyl (C=O) groups excluding carboxylic acids is 1. The number of nitrogens with zero attached hydrogens (tertiary/aromatic N) is 3. The molecule has 2 rings (SSSR count). The largest absolute Gasteiger partial charge is 0.294 e. The molecule has 4 heteroatoms. The maximum absolute atomic E-state index is 11.4. The summed E-state index contributed by atoms with van der Waals surface area (Å²) in [7, 11) is 0. The molecule has 0 aliphatic carbocycles. The molecule has 78 valence electrons. The molecule has 0 aliphatic heterocycles. The number of ketones is 1. The molecule has 2 aromatic carbocycles. The third-order valence-electron chi connectivity index (χ3n) is 2.40. The maximum Gasteiger partial charge on any atom is 0.160 e. The van der Waals surface area contributed by atoms with E-state index in [0.29, 0.717) is 11.3 Å². The molecule has 0 radical (unpaired) electrons. The van der Waals surface area contributed by atoms with Crippen molar-refractivity contribution in [3.63, 3.8) is 0 Å². The van der Waals surface area contributed by atoms with Crippen LogP contribution in [0.15, 0.2) is 41.5 Å². The van der Waals surface area contributed by atoms with E-state index in [-0.39, 0.29) is 5.78 Å². The molecule has 0 atom stereocenters. The van der Waals surface area contributed by atoms with Gasteiger partial charge in [-0.3, -0.25) is 4.79 Å². The molecule has 4 nitrogen and oxygen atoms in total. The number of Topliss-reactive ketones (excluding diaryl/α,β-unsaturated/α-hetero) is 1. The van der Waals surface area contributed by atoms with Crippen LogP contribution in [0.25, 0.3) is 21.2 Å². The quantitative estimate of drug-likeness (QED) is 0.320. The maximum atomic E-state index is 11.4. The average molecular weight is 211 g/mol. The van der Waals surface area contributed by atoms with Crippen molar-refractivity contribution in [3.05, 3.63) is 52.4 Å². The van der Waals surface area contributed by atoms with E-state index in [4.69, 9.17) is 5.53 Å². The number of fused-ring (bicyclic) bond motifs is 1. The fraction of sp³-hybridized carbons (Fsp3) is 0.0833. The number of carbonyl (C=O) groups is 1. The lowest BCUT2D eigenvalue weighted by atomic mass is 10.0. The van der Waals surface area contributed by atoms with E-state index in [1.165, 1.54) is 6.92 Å². The molecule has 0 saturated heterocycles. The van der Waals surface area contributed by atoms with Crippen molar-refractivity contribution < 1.29 is 4.79 Å². The van der Waals surface area contributed by atoms with Crippen LogP contribution in [-0.4, -0.2) is 5.78 Å². The van der Waals surface area contributed by atoms with E-state index in [2.05, 4.69) is 10.0 Å². The van der Waals surface area contributed by atoms with Gasteiger partial charge in [0.15, 0.2) is 5.78 Å². The number of azide groups is 1. The lowest BCUT2D eigenvalue weighted by Gasteiger charge is -2.04. The Morgan fingerprint density at radius 3 is 2.44 bits per heavy atom. The number of hydrogen-bond donors (Lipinski definition) is 0. The molecule has 0 amide bonds. The standard InChI is InChI=1S/C12H9N3O/c1-8(16)11-6-9-4-2-3-5-10(9)7-12(11)14-15-13/h2-7H,1H3. The van der Waals surface area contributed by atoms with Gasteiger partial charge < -0.3 is 0 Å². The summed E-state index contributed by atoms with van der Waals surface area (Å²) in [4.78, 5) is 14.1. The van der Waals surface area contributed by atoms with Crippen LogP contribution in [0.3, 0.4) is 0 Å². The lowest BCUT2D eigenvalue weighted by Crippen LogP contribution is -1.92. The molecule has 0 fully saturated rings. The van der Waals surface area contributed by atoms with Crippen LogP contribution in [0, 0.1) is 0 Å². The molecule has 0 aliphatic rings. The summed E-state index contributed by atoms with van der Waals surface area (Å²) in [6.45, 7) is 1.46. The van der Waals surface area contributed by atoms with E-state index in [1.54, 1.807) is 12.1 Å². The molecular formula is C12H9N3O. The Morgan fingerprint density at radius 1 is 1.25 bits per heavy atom. The van der Waals surface area contributed by atoms with Gasteiger partial charge in [0.1, 0.15) is 0 Å². The summed E-state index contributed by atoms with van der Waals surface area (Å²) in [5.74, 6) is -0.104. The smallest absolute Gasteiger partial charge is 0.160 e. The molecule has 0 heterocycles. The zero-order valence-electron chi connectivity index (χ0n) is 8.71. The zero-order chi connectivity index (χ0) is 11.5. The Morgan fingerprint density at radius 2 is 1.88 bits per heavy atom. The molecule has 0 saturated carbocycles. The molecule has 16 heavy (non-hydrogen) atoms. The van der Waals surface area contributed by atoms with Crippen molar-refractivity contribution in [2.75, 3.05) is 0 Å². The van der Waals surface area contributed by atoms with Crippen LogP contribution in [-0.2, 0) is 0 Å². The molecule has 0 N–H and O–H groups in total. The first-order chi connectivity index (χ1) is 7.72. The van der Waals surface area contributed by atoms with Crippen LogP contribution in [0.2, 0.25) is 0 Å². The predicted molar refractivity (Wildman–Crippen MR) is 62.8 cm³/mol. The third kappa shape index (κ3) is 1.74. The average Bonchev–Trinajstić information content (AvgIpc) is 2.28. The highest BCUT2D eigenvalue weighted by atomic mass is 16.1. The van der Waals surface area contributed by atoms with Gasteiger partial charge in [-0.05, 0) is 35.4 Å². The van der Waals surface area contributed by atoms with Crippen LogP contribution < -0.4 is 0 Å². The predicted octanol–water partition coefficient (Wildman–Crippen LogP) is 3.98. The third-order valence-corrected chi connectivity index (χ3v) is 2.40. The molecule has 0 aromatic heterocycles. The van der Waals surface area contributed by atoms with Crippen LogP contribution in [0.4, 0.5) is 5.69 Å². The van der Waals surface area contributed by atoms with E-state index in [0.717, 1.165) is 10.8 Å². The number of benzene rings is 2. The van der Waals surface area contributed by atoms with Crippen molar-refractivity contribution in [1.29, 1.82) is 0 Å². The topological polar surface area (TPSA) is 65.8 Å². The molecule has 0 bridgehead atoms. The van der Waals surface area contributed by atoms with E-state index < -0.39 is 0 Å². The number of hydrogen-bond acceptors (Lipinski definition) is 2. The Kier molecular flexibility index (Phi) is 2.58. The summed E-state index contributed by atoms with van der Waals surface area (Å²) in [6.07, 6.45) is 0. The first-order valence-corrected chi connectivity index (χ1v) is 4.81. The Hall–Kier alpha value is -2.32. The Labute approximate surface area is 92.1 Å². The van der Waals surface area contributed by atoms with Crippen LogP contribution in [0.1, 0.15) is 17.3 Å². The fourth-order valence-electron chi connectivity index (χ4n) is 1.64. The SMILES string of the molecule is CC(=O)c1cc2ccccc2cc1N=[N+]=[N-]. The number of rotatable bonds is 2. The second-order valence-electron chi connectivity index (χ2n) is 3.46. The van der Waals surface area contributed by atoms with Crippen molar-refractivity contribution in [2.45, 2.75) is 6.92 Å². The molecule has 2 aromatic rings. The van der Waals surface area contributed by atoms with Gasteiger partial charge in [-0.15, -0.1) is 0 Å². The highest BCUT2D eigenvalue weighted by Crippen LogP contribution is 2.26. The van der Waals surface area contributed by atoms with Crippen molar-refractivity contribution in [3.8, 4) is 0 Å². The second-order valence-corrected chi connectivity index (χ2v) is 3.46. The monoisotopic (exact) mass is 211 g/mol. The van der Waals surface area contributed by atoms with Gasteiger partial charge in [0.25, 0.3) is 0 Å². The van der Waals surface area contributed by atoms with Gasteiger partial charge >= 0.3 is 0 Å². The molecule has 0 spiro atoms. The summed E-state index contributed by atoms with van der Waals surface area (Å²) in [5, 5.41) is 5.45. The summed E-state index contributed by atoms with van der Waals surface area (Å²) < 4.78 is 0. The van der Waals surface area contributed by atoms with E-state index in [9.17, 15) is 4.79 Å². The minimum absolute atomic E-state index is 0.104. The summed E-state index contributed by atoms with van der Waals surface area (Å²) >= 11 is 0. The minimum Gasteiger partial charge on any atom is -0.294 e. The zero-order valence-corrected chi connectivity index (χ0v) is 8.71. The summed E-state index contributed by atoms with van der Waals surface area (Å²) in [6, 6.07) is 11.1. The first kappa shape index (κ1) is 10.2. The van der Waals surface area contributed by atoms with Crippen LogP contribution in [0.5, 0.6) is 0 Å². The highest BCUT2D eigenvalue weighted by Gasteiger charge is 2.07. The Bertz CT molecular complexity index is 572. The van der Waals surface area contributed by atoms with Gasteiger partial charge in [-0.2, -0.15) is 0 Å². The van der Waals surface area contributed by atoms with Crippen molar-refractivity contribution >= 4 is 22.2 Å². The van der Waals surface area contributed by atoms with Gasteiger partial charge in [0.05, 0.1) is 0 Å². The van der Waals surface area contributed by atoms with Gasteiger partial charge in [0, 0.05) is 16.2 Å². The van der Waals surface area contributed by atoms with Gasteiger partial charge in [0.2, 0.25) is 0 Å². The highest BCUT2D eigenvalue weighted by molar-refractivity contribution is 6.03. The normalized spacial score (nSPS) is 9.81. The van der Waals surface area contributed by atoms with Gasteiger partial charge in [-0.25, -0.2) is 0 Å². The minimum atomic E-state index is -0.104. The van der Waals surface area contributed by atoms with Crippen molar-refractivity contribution in [2.24, 2.45) is 5.11 Å². The molecular weight excluding hydrogens is 202 g/mol. The molecule has 0 unspecified atom stereocenters. The van der Waals surface area contributed by atoms with E-state index >= 15 is 0 Å². The first-order valence-electron chi connectivity index (χ1n) is 4.81. The van der Waals surface area contributed by atoms with Crippen LogP contribution >= 0.6 is 0 Å². The van der Waals surface area contributed by atoms with Gasteiger partial charge in [-0.1, -0.05) is 29.4 Å². The lowest BCUT2D eigenvalue weighted by molar-refractivity contribution is 0.101. The fourth-order valence-corrected chi connectivity index (χ4v) is 1.64. The Balaban J connectivity index is 2.80. The van der Waals surface area contributed by atoms with Crippen molar-refractivity contribution in [1.82, 2.24) is 0 Å².